The predicted molar refractivity (Wildman–Crippen MR) is 60.4 cm³/mol. The van der Waals surface area contributed by atoms with Crippen molar-refractivity contribution in [2.24, 2.45) is 5.92 Å². The van der Waals surface area contributed by atoms with Crippen molar-refractivity contribution < 1.29 is 9.84 Å². The van der Waals surface area contributed by atoms with E-state index in [1.807, 2.05) is 0 Å². The first-order valence-electron chi connectivity index (χ1n) is 6.03. The molecule has 0 radical (unpaired) electrons. The summed E-state index contributed by atoms with van der Waals surface area (Å²) in [6.45, 7) is 6.47. The lowest BCUT2D eigenvalue weighted by Crippen LogP contribution is -2.09. The van der Waals surface area contributed by atoms with Gasteiger partial charge >= 0.3 is 0 Å². The Kier molecular flexibility index (Phi) is 10.9. The highest BCUT2D eigenvalue weighted by Gasteiger charge is 2.05. The Bertz CT molecular complexity index is 104. The molecule has 0 aliphatic heterocycles. The summed E-state index contributed by atoms with van der Waals surface area (Å²) >= 11 is 0. The van der Waals surface area contributed by atoms with Crippen LogP contribution >= 0.6 is 0 Å². The first kappa shape index (κ1) is 13.9. The van der Waals surface area contributed by atoms with Crippen LogP contribution in [0.15, 0.2) is 0 Å². The number of rotatable bonds is 10. The largest absolute Gasteiger partial charge is 0.396 e. The lowest BCUT2D eigenvalue weighted by molar-refractivity contribution is 0.0881. The van der Waals surface area contributed by atoms with Gasteiger partial charge in [0.1, 0.15) is 0 Å². The average molecular weight is 202 g/mol. The van der Waals surface area contributed by atoms with Crippen LogP contribution in [0, 0.1) is 5.92 Å². The maximum absolute atomic E-state index is 8.58. The third kappa shape index (κ3) is 8.52. The van der Waals surface area contributed by atoms with E-state index in [0.29, 0.717) is 0 Å². The fraction of sp³-hybridized carbons (Fsp3) is 1.00. The Morgan fingerprint density at radius 3 is 2.50 bits per heavy atom. The zero-order valence-corrected chi connectivity index (χ0v) is 9.80. The van der Waals surface area contributed by atoms with Crippen molar-refractivity contribution in [3.63, 3.8) is 0 Å². The molecule has 0 spiro atoms. The van der Waals surface area contributed by atoms with E-state index >= 15 is 0 Å². The molecule has 0 heterocycles. The van der Waals surface area contributed by atoms with Gasteiger partial charge in [0.05, 0.1) is 0 Å². The maximum Gasteiger partial charge on any atom is 0.0494 e. The van der Waals surface area contributed by atoms with Crippen LogP contribution in [0.2, 0.25) is 0 Å². The van der Waals surface area contributed by atoms with Gasteiger partial charge in [0.25, 0.3) is 0 Å². The quantitative estimate of drug-likeness (QED) is 0.552. The third-order valence-corrected chi connectivity index (χ3v) is 2.59. The van der Waals surface area contributed by atoms with Crippen molar-refractivity contribution >= 4 is 0 Å². The molecule has 1 N–H and O–H groups in total. The van der Waals surface area contributed by atoms with Crippen molar-refractivity contribution in [1.29, 1.82) is 0 Å². The zero-order chi connectivity index (χ0) is 10.6. The van der Waals surface area contributed by atoms with E-state index in [1.165, 1.54) is 25.7 Å². The van der Waals surface area contributed by atoms with Gasteiger partial charge in [0.2, 0.25) is 0 Å². The second kappa shape index (κ2) is 11.0. The number of unbranched alkanes of at least 4 members (excludes halogenated alkanes) is 2. The molecule has 0 amide bonds. The lowest BCUT2D eigenvalue weighted by Gasteiger charge is -2.14. The molecule has 2 heteroatoms. The number of aliphatic hydroxyl groups excluding tert-OH is 1. The van der Waals surface area contributed by atoms with E-state index in [0.717, 1.165) is 32.0 Å². The van der Waals surface area contributed by atoms with Crippen LogP contribution in [0.5, 0.6) is 0 Å². The van der Waals surface area contributed by atoms with Crippen LogP contribution in [-0.2, 0) is 4.74 Å². The van der Waals surface area contributed by atoms with Crippen LogP contribution in [-0.4, -0.2) is 24.9 Å². The topological polar surface area (TPSA) is 29.5 Å². The van der Waals surface area contributed by atoms with E-state index < -0.39 is 0 Å². The number of aliphatic hydroxyl groups is 1. The minimum Gasteiger partial charge on any atom is -0.396 e. The molecule has 0 saturated heterocycles. The average Bonchev–Trinajstić information content (AvgIpc) is 2.22. The first-order valence-corrected chi connectivity index (χ1v) is 6.03. The molecule has 0 saturated carbocycles. The fourth-order valence-corrected chi connectivity index (χ4v) is 1.46. The van der Waals surface area contributed by atoms with Crippen molar-refractivity contribution in [3.8, 4) is 0 Å². The molecule has 0 aromatic rings. The zero-order valence-electron chi connectivity index (χ0n) is 9.80. The number of ether oxygens (including phenoxy) is 1. The van der Waals surface area contributed by atoms with E-state index in [9.17, 15) is 0 Å². The Balaban J connectivity index is 3.24. The van der Waals surface area contributed by atoms with Crippen LogP contribution in [0.1, 0.15) is 52.4 Å². The minimum atomic E-state index is 0.288. The SMILES string of the molecule is CCCCC(CC)COCCCCO. The summed E-state index contributed by atoms with van der Waals surface area (Å²) in [5.41, 5.74) is 0. The molecule has 0 fully saturated rings. The van der Waals surface area contributed by atoms with Gasteiger partial charge in [-0.1, -0.05) is 33.1 Å². The Labute approximate surface area is 88.7 Å². The Hall–Kier alpha value is -0.0800. The van der Waals surface area contributed by atoms with E-state index in [4.69, 9.17) is 9.84 Å². The van der Waals surface area contributed by atoms with Gasteiger partial charge in [0.15, 0.2) is 0 Å². The van der Waals surface area contributed by atoms with Crippen LogP contribution in [0.4, 0.5) is 0 Å². The van der Waals surface area contributed by atoms with E-state index in [2.05, 4.69) is 13.8 Å². The summed E-state index contributed by atoms with van der Waals surface area (Å²) in [5, 5.41) is 8.58. The second-order valence-electron chi connectivity index (χ2n) is 3.92. The molecular weight excluding hydrogens is 176 g/mol. The molecule has 0 bridgehead atoms. The van der Waals surface area contributed by atoms with Crippen molar-refractivity contribution in [1.82, 2.24) is 0 Å². The highest BCUT2D eigenvalue weighted by molar-refractivity contribution is 4.55. The molecule has 0 aromatic carbocycles. The summed E-state index contributed by atoms with van der Waals surface area (Å²) in [5.74, 6) is 0.740. The van der Waals surface area contributed by atoms with Gasteiger partial charge in [-0.3, -0.25) is 0 Å². The molecule has 1 unspecified atom stereocenters. The minimum absolute atomic E-state index is 0.288. The van der Waals surface area contributed by atoms with Gasteiger partial charge < -0.3 is 9.84 Å². The lowest BCUT2D eigenvalue weighted by atomic mass is 10.0. The highest BCUT2D eigenvalue weighted by Crippen LogP contribution is 2.12. The molecule has 1 atom stereocenters. The van der Waals surface area contributed by atoms with Gasteiger partial charge in [-0.15, -0.1) is 0 Å². The molecule has 0 rings (SSSR count). The highest BCUT2D eigenvalue weighted by atomic mass is 16.5. The Morgan fingerprint density at radius 1 is 1.14 bits per heavy atom. The monoisotopic (exact) mass is 202 g/mol. The third-order valence-electron chi connectivity index (χ3n) is 2.59. The van der Waals surface area contributed by atoms with E-state index in [-0.39, 0.29) is 6.61 Å². The second-order valence-corrected chi connectivity index (χ2v) is 3.92. The van der Waals surface area contributed by atoms with Crippen LogP contribution in [0.25, 0.3) is 0 Å². The fourth-order valence-electron chi connectivity index (χ4n) is 1.46. The van der Waals surface area contributed by atoms with Gasteiger partial charge in [0, 0.05) is 19.8 Å². The normalized spacial score (nSPS) is 13.1. The molecule has 2 nitrogen and oxygen atoms in total. The molecule has 14 heavy (non-hydrogen) atoms. The molecule has 0 aromatic heterocycles. The predicted octanol–water partition coefficient (Wildman–Crippen LogP) is 2.99. The van der Waals surface area contributed by atoms with Gasteiger partial charge in [-0.2, -0.15) is 0 Å². The maximum atomic E-state index is 8.58. The van der Waals surface area contributed by atoms with Crippen molar-refractivity contribution in [3.05, 3.63) is 0 Å². The van der Waals surface area contributed by atoms with E-state index in [1.54, 1.807) is 0 Å². The molecule has 0 aliphatic rings. The first-order chi connectivity index (χ1) is 6.85. The molecule has 86 valence electrons. The van der Waals surface area contributed by atoms with Crippen LogP contribution in [0.3, 0.4) is 0 Å². The van der Waals surface area contributed by atoms with Gasteiger partial charge in [-0.05, 0) is 25.2 Å². The summed E-state index contributed by atoms with van der Waals surface area (Å²) in [6, 6.07) is 0. The summed E-state index contributed by atoms with van der Waals surface area (Å²) in [7, 11) is 0. The summed E-state index contributed by atoms with van der Waals surface area (Å²) in [6.07, 6.45) is 6.97. The molecular formula is C12H26O2. The number of hydrogen-bond donors (Lipinski definition) is 1. The summed E-state index contributed by atoms with van der Waals surface area (Å²) in [4.78, 5) is 0. The Morgan fingerprint density at radius 2 is 1.93 bits per heavy atom. The molecule has 0 aliphatic carbocycles. The van der Waals surface area contributed by atoms with Gasteiger partial charge in [-0.25, -0.2) is 0 Å². The van der Waals surface area contributed by atoms with Crippen molar-refractivity contribution in [2.45, 2.75) is 52.4 Å². The van der Waals surface area contributed by atoms with Crippen molar-refractivity contribution in [2.75, 3.05) is 19.8 Å². The smallest absolute Gasteiger partial charge is 0.0494 e. The standard InChI is InChI=1S/C12H26O2/c1-3-5-8-12(4-2)11-14-10-7-6-9-13/h12-13H,3-11H2,1-2H3. The number of hydrogen-bond acceptors (Lipinski definition) is 2. The van der Waals surface area contributed by atoms with Crippen LogP contribution < -0.4 is 0 Å². The summed E-state index contributed by atoms with van der Waals surface area (Å²) < 4.78 is 5.57.